The van der Waals surface area contributed by atoms with Gasteiger partial charge in [-0.2, -0.15) is 0 Å². The predicted molar refractivity (Wildman–Crippen MR) is 163 cm³/mol. The topological polar surface area (TPSA) is 172 Å². The third-order valence-electron chi connectivity index (χ3n) is 7.22. The Morgan fingerprint density at radius 2 is 1.90 bits per heavy atom. The maximum Gasteiger partial charge on any atom is 0.334 e. The number of benzene rings is 1. The highest BCUT2D eigenvalue weighted by molar-refractivity contribution is 7.12. The monoisotopic (exact) mass is 591 g/mol. The summed E-state index contributed by atoms with van der Waals surface area (Å²) >= 11 is 1.30. The van der Waals surface area contributed by atoms with Gasteiger partial charge in [-0.05, 0) is 56.2 Å². The Bertz CT molecular complexity index is 1440. The molecule has 12 heteroatoms. The summed E-state index contributed by atoms with van der Waals surface area (Å²) < 4.78 is 5.47. The number of hydrogen-bond acceptors (Lipinski definition) is 10. The number of anilines is 2. The first kappa shape index (κ1) is 30.6. The van der Waals surface area contributed by atoms with E-state index in [0.717, 1.165) is 30.4 Å². The zero-order chi connectivity index (χ0) is 30.3. The van der Waals surface area contributed by atoms with E-state index in [0.29, 0.717) is 40.9 Å². The third kappa shape index (κ3) is 6.93. The first-order valence-electron chi connectivity index (χ1n) is 14.0. The predicted octanol–water partition coefficient (Wildman–Crippen LogP) is 3.79. The van der Waals surface area contributed by atoms with Gasteiger partial charge in [-0.3, -0.25) is 9.59 Å². The van der Waals surface area contributed by atoms with Gasteiger partial charge >= 0.3 is 5.97 Å². The summed E-state index contributed by atoms with van der Waals surface area (Å²) in [6.07, 6.45) is 4.54. The van der Waals surface area contributed by atoms with Gasteiger partial charge in [0.2, 0.25) is 5.95 Å². The van der Waals surface area contributed by atoms with Crippen LogP contribution >= 0.6 is 11.3 Å². The van der Waals surface area contributed by atoms with Gasteiger partial charge < -0.3 is 31.8 Å². The number of aromatic nitrogens is 2. The molecule has 1 aromatic carbocycles. The van der Waals surface area contributed by atoms with E-state index in [4.69, 9.17) is 15.9 Å². The Hall–Kier alpha value is -4.32. The number of amides is 2. The highest BCUT2D eigenvalue weighted by Crippen LogP contribution is 2.38. The summed E-state index contributed by atoms with van der Waals surface area (Å²) in [5, 5.41) is 18.3. The van der Waals surface area contributed by atoms with Crippen LogP contribution in [0.4, 0.5) is 11.6 Å². The van der Waals surface area contributed by atoms with Gasteiger partial charge in [0.15, 0.2) is 5.54 Å². The number of hydrogen-bond donors (Lipinski definition) is 5. The molecule has 11 nitrogen and oxygen atoms in total. The van der Waals surface area contributed by atoms with Gasteiger partial charge in [0.1, 0.15) is 0 Å². The quantitative estimate of drug-likeness (QED) is 0.0815. The summed E-state index contributed by atoms with van der Waals surface area (Å²) in [5.41, 5.74) is 8.11. The molecule has 0 spiro atoms. The second kappa shape index (κ2) is 13.6. The Morgan fingerprint density at radius 1 is 1.14 bits per heavy atom. The summed E-state index contributed by atoms with van der Waals surface area (Å²) in [5.74, 6) is -0.981. The van der Waals surface area contributed by atoms with E-state index >= 15 is 0 Å². The Labute approximate surface area is 249 Å². The first-order chi connectivity index (χ1) is 20.2. The molecule has 4 rings (SSSR count). The SMILES string of the molecule is CCCCOC(=O)C1(NC(=O)c2c(C)nc(NCCCc3cccc(N)c3C=N)nc2C)CC1NC(=O)c1cccs1. The number of esters is 1. The average Bonchev–Trinajstić information content (AvgIpc) is 3.35. The Kier molecular flexibility index (Phi) is 9.89. The van der Waals surface area contributed by atoms with Crippen molar-refractivity contribution in [3.05, 3.63) is 68.7 Å². The number of rotatable bonds is 14. The first-order valence-corrected chi connectivity index (χ1v) is 14.9. The van der Waals surface area contributed by atoms with Crippen molar-refractivity contribution in [1.82, 2.24) is 20.6 Å². The molecule has 42 heavy (non-hydrogen) atoms. The number of thiophene rings is 1. The minimum atomic E-state index is -1.36. The van der Waals surface area contributed by atoms with Gasteiger partial charge in [-0.15, -0.1) is 11.3 Å². The molecule has 2 amide bonds. The molecule has 1 aliphatic rings. The molecule has 222 valence electrons. The molecule has 6 N–H and O–H groups in total. The molecule has 0 bridgehead atoms. The second-order valence-corrected chi connectivity index (χ2v) is 11.3. The Morgan fingerprint density at radius 3 is 2.57 bits per heavy atom. The Balaban J connectivity index is 1.41. The number of carbonyl (C=O) groups is 3. The van der Waals surface area contributed by atoms with Crippen LogP contribution in [-0.2, 0) is 16.0 Å². The van der Waals surface area contributed by atoms with E-state index < -0.39 is 23.5 Å². The standard InChI is InChI=1S/C30H37N7O4S/c1-4-5-14-41-28(40)30(16-24(30)36-26(38)23-12-8-15-42-23)37-27(39)25-18(2)34-29(35-19(25)3)33-13-7-10-20-9-6-11-22(32)21(20)17-31/h6,8-9,11-12,15,17,24,31H,4-5,7,10,13-14,16,32H2,1-3H3,(H,36,38)(H,37,39)(H,33,34,35). The zero-order valence-corrected chi connectivity index (χ0v) is 24.9. The van der Waals surface area contributed by atoms with Crippen LogP contribution in [0.25, 0.3) is 0 Å². The van der Waals surface area contributed by atoms with Gasteiger partial charge in [-0.25, -0.2) is 14.8 Å². The number of nitrogen functional groups attached to an aromatic ring is 1. The van der Waals surface area contributed by atoms with Crippen molar-refractivity contribution in [1.29, 1.82) is 5.41 Å². The number of ether oxygens (including phenoxy) is 1. The van der Waals surface area contributed by atoms with Crippen LogP contribution in [0.2, 0.25) is 0 Å². The van der Waals surface area contributed by atoms with Crippen LogP contribution in [0.1, 0.15) is 75.2 Å². The van der Waals surface area contributed by atoms with Crippen LogP contribution < -0.4 is 21.7 Å². The van der Waals surface area contributed by atoms with Gasteiger partial charge in [-0.1, -0.05) is 31.5 Å². The lowest BCUT2D eigenvalue weighted by Crippen LogP contribution is -2.50. The molecule has 0 saturated heterocycles. The normalized spacial score (nSPS) is 17.3. The average molecular weight is 592 g/mol. The van der Waals surface area contributed by atoms with Gasteiger partial charge in [0.25, 0.3) is 11.8 Å². The van der Waals surface area contributed by atoms with Crippen molar-refractivity contribution >= 4 is 47.0 Å². The number of nitrogens with one attached hydrogen (secondary N) is 4. The smallest absolute Gasteiger partial charge is 0.334 e. The van der Waals surface area contributed by atoms with Crippen LogP contribution in [-0.4, -0.2) is 58.7 Å². The number of aryl methyl sites for hydroxylation is 3. The van der Waals surface area contributed by atoms with Crippen molar-refractivity contribution in [2.45, 2.75) is 64.5 Å². The lowest BCUT2D eigenvalue weighted by molar-refractivity contribution is -0.147. The maximum atomic E-state index is 13.5. The van der Waals surface area contributed by atoms with Crippen molar-refractivity contribution < 1.29 is 19.1 Å². The fourth-order valence-electron chi connectivity index (χ4n) is 4.82. The molecule has 2 unspecified atom stereocenters. The van der Waals surface area contributed by atoms with Crippen LogP contribution in [0, 0.1) is 19.3 Å². The van der Waals surface area contributed by atoms with Crippen LogP contribution in [0.15, 0.2) is 35.7 Å². The molecule has 3 aromatic rings. The largest absolute Gasteiger partial charge is 0.464 e. The molecule has 1 saturated carbocycles. The lowest BCUT2D eigenvalue weighted by atomic mass is 10.0. The minimum Gasteiger partial charge on any atom is -0.464 e. The van der Waals surface area contributed by atoms with E-state index in [-0.39, 0.29) is 24.5 Å². The lowest BCUT2D eigenvalue weighted by Gasteiger charge is -2.20. The summed E-state index contributed by atoms with van der Waals surface area (Å²) in [7, 11) is 0. The highest BCUT2D eigenvalue weighted by atomic mass is 32.1. The fraction of sp³-hybridized carbons (Fsp3) is 0.400. The second-order valence-electron chi connectivity index (χ2n) is 10.3. The molecule has 0 aliphatic heterocycles. The number of carbonyl (C=O) groups excluding carboxylic acids is 3. The summed E-state index contributed by atoms with van der Waals surface area (Å²) in [6, 6.07) is 8.49. The molecule has 1 fully saturated rings. The number of nitrogens with zero attached hydrogens (tertiary/aromatic N) is 2. The van der Waals surface area contributed by atoms with Crippen molar-refractivity contribution in [3.8, 4) is 0 Å². The molecule has 2 aromatic heterocycles. The van der Waals surface area contributed by atoms with E-state index in [1.807, 2.05) is 19.1 Å². The van der Waals surface area contributed by atoms with E-state index in [1.165, 1.54) is 17.6 Å². The van der Waals surface area contributed by atoms with Gasteiger partial charge in [0, 0.05) is 30.4 Å². The van der Waals surface area contributed by atoms with E-state index in [9.17, 15) is 14.4 Å². The molecular formula is C30H37N7O4S. The van der Waals surface area contributed by atoms with Gasteiger partial charge in [0.05, 0.1) is 34.5 Å². The molecule has 2 atom stereocenters. The van der Waals surface area contributed by atoms with E-state index in [1.54, 1.807) is 37.4 Å². The van der Waals surface area contributed by atoms with Crippen molar-refractivity contribution in [2.75, 3.05) is 24.2 Å². The summed E-state index contributed by atoms with van der Waals surface area (Å²) in [4.78, 5) is 48.8. The van der Waals surface area contributed by atoms with Crippen LogP contribution in [0.5, 0.6) is 0 Å². The van der Waals surface area contributed by atoms with Crippen molar-refractivity contribution in [2.24, 2.45) is 0 Å². The molecule has 1 aliphatic carbocycles. The molecule has 2 heterocycles. The van der Waals surface area contributed by atoms with Crippen molar-refractivity contribution in [3.63, 3.8) is 0 Å². The van der Waals surface area contributed by atoms with Crippen LogP contribution in [0.3, 0.4) is 0 Å². The number of nitrogens with two attached hydrogens (primary N) is 1. The minimum absolute atomic E-state index is 0.228. The molecular weight excluding hydrogens is 554 g/mol. The molecule has 0 radical (unpaired) electrons. The fourth-order valence-corrected chi connectivity index (χ4v) is 5.45. The third-order valence-corrected chi connectivity index (χ3v) is 8.09. The highest BCUT2D eigenvalue weighted by Gasteiger charge is 2.63. The number of unbranched alkanes of at least 4 members (excludes halogenated alkanes) is 1. The maximum absolute atomic E-state index is 13.5. The zero-order valence-electron chi connectivity index (χ0n) is 24.1. The summed E-state index contributed by atoms with van der Waals surface area (Å²) in [6.45, 7) is 6.24. The van der Waals surface area contributed by atoms with E-state index in [2.05, 4.69) is 25.9 Å².